The molecule has 1 unspecified atom stereocenters. The molecular weight excluding hydrogens is 224 g/mol. The average Bonchev–Trinajstić information content (AvgIpc) is 2.38. The van der Waals surface area contributed by atoms with Crippen LogP contribution in [0.3, 0.4) is 0 Å². The highest BCUT2D eigenvalue weighted by Gasteiger charge is 2.42. The molecule has 0 aromatic carbocycles. The highest BCUT2D eigenvalue weighted by Crippen LogP contribution is 2.31. The normalized spacial score (nSPS) is 28.6. The van der Waals surface area contributed by atoms with Crippen molar-refractivity contribution in [2.24, 2.45) is 11.7 Å². The zero-order valence-electron chi connectivity index (χ0n) is 10.1. The van der Waals surface area contributed by atoms with Crippen LogP contribution < -0.4 is 5.73 Å². The Morgan fingerprint density at radius 3 is 2.50 bits per heavy atom. The predicted octanol–water partition coefficient (Wildman–Crippen LogP) is 1.94. The fraction of sp³-hybridized carbons (Fsp3) is 0.917. The Morgan fingerprint density at radius 2 is 1.94 bits per heavy atom. The fourth-order valence-corrected chi connectivity index (χ4v) is 2.55. The van der Waals surface area contributed by atoms with Gasteiger partial charge >= 0.3 is 0 Å². The number of carbonyl (C=O) groups is 1. The number of hydrogen-bond donors (Lipinski definition) is 1. The van der Waals surface area contributed by atoms with Crippen LogP contribution in [0.5, 0.6) is 0 Å². The van der Waals surface area contributed by atoms with Gasteiger partial charge in [-0.05, 0) is 44.4 Å². The Labute approximate surface area is 104 Å². The third kappa shape index (κ3) is 2.69. The summed E-state index contributed by atoms with van der Waals surface area (Å²) in [4.78, 5) is 14.2. The number of nitrogens with zero attached hydrogens (tertiary/aromatic N) is 1. The summed E-state index contributed by atoms with van der Waals surface area (Å²) in [5.74, 6) is 0.973. The summed E-state index contributed by atoms with van der Waals surface area (Å²) in [5.41, 5.74) is 5.58. The average molecular weight is 247 g/mol. The SMILES string of the molecule is CC1CCCN(C(=O)C2(N)CCC2)CC1.Cl. The molecule has 3 nitrogen and oxygen atoms in total. The summed E-state index contributed by atoms with van der Waals surface area (Å²) < 4.78 is 0. The van der Waals surface area contributed by atoms with E-state index in [2.05, 4.69) is 6.92 Å². The lowest BCUT2D eigenvalue weighted by molar-refractivity contribution is -0.140. The quantitative estimate of drug-likeness (QED) is 0.769. The largest absolute Gasteiger partial charge is 0.341 e. The predicted molar refractivity (Wildman–Crippen MR) is 67.6 cm³/mol. The third-order valence-electron chi connectivity index (χ3n) is 3.98. The first-order valence-electron chi connectivity index (χ1n) is 6.20. The Bertz CT molecular complexity index is 253. The summed E-state index contributed by atoms with van der Waals surface area (Å²) in [6, 6.07) is 0. The van der Waals surface area contributed by atoms with Gasteiger partial charge in [0.1, 0.15) is 0 Å². The van der Waals surface area contributed by atoms with Crippen molar-refractivity contribution in [3.8, 4) is 0 Å². The van der Waals surface area contributed by atoms with E-state index in [1.807, 2.05) is 4.90 Å². The molecule has 1 saturated carbocycles. The lowest BCUT2D eigenvalue weighted by Crippen LogP contribution is -2.59. The number of amides is 1. The number of halogens is 1. The smallest absolute Gasteiger partial charge is 0.242 e. The molecule has 1 amide bonds. The molecule has 1 heterocycles. The number of rotatable bonds is 1. The molecule has 1 atom stereocenters. The Balaban J connectivity index is 0.00000128. The van der Waals surface area contributed by atoms with E-state index in [0.29, 0.717) is 0 Å². The molecule has 0 radical (unpaired) electrons. The van der Waals surface area contributed by atoms with E-state index < -0.39 is 5.54 Å². The first kappa shape index (κ1) is 13.8. The molecular formula is C12H23ClN2O. The van der Waals surface area contributed by atoms with Crippen LogP contribution >= 0.6 is 12.4 Å². The van der Waals surface area contributed by atoms with Gasteiger partial charge in [0.25, 0.3) is 0 Å². The molecule has 16 heavy (non-hydrogen) atoms. The minimum Gasteiger partial charge on any atom is -0.341 e. The first-order valence-corrected chi connectivity index (χ1v) is 6.20. The number of hydrogen-bond acceptors (Lipinski definition) is 2. The second-order valence-electron chi connectivity index (χ2n) is 5.34. The van der Waals surface area contributed by atoms with Crippen LogP contribution in [0, 0.1) is 5.92 Å². The second-order valence-corrected chi connectivity index (χ2v) is 5.34. The minimum absolute atomic E-state index is 0. The molecule has 1 aliphatic carbocycles. The molecule has 0 bridgehead atoms. The van der Waals surface area contributed by atoms with Gasteiger partial charge in [-0.15, -0.1) is 12.4 Å². The third-order valence-corrected chi connectivity index (χ3v) is 3.98. The Hall–Kier alpha value is -0.280. The minimum atomic E-state index is -0.492. The van der Waals surface area contributed by atoms with Crippen molar-refractivity contribution in [3.05, 3.63) is 0 Å². The van der Waals surface area contributed by atoms with Crippen LogP contribution in [0.15, 0.2) is 0 Å². The van der Waals surface area contributed by atoms with Gasteiger partial charge in [0.05, 0.1) is 5.54 Å². The van der Waals surface area contributed by atoms with E-state index in [1.165, 1.54) is 6.42 Å². The van der Waals surface area contributed by atoms with Gasteiger partial charge in [-0.25, -0.2) is 0 Å². The summed E-state index contributed by atoms with van der Waals surface area (Å²) >= 11 is 0. The van der Waals surface area contributed by atoms with Crippen LogP contribution in [0.2, 0.25) is 0 Å². The van der Waals surface area contributed by atoms with E-state index >= 15 is 0 Å². The monoisotopic (exact) mass is 246 g/mol. The van der Waals surface area contributed by atoms with Crippen molar-refractivity contribution in [2.75, 3.05) is 13.1 Å². The van der Waals surface area contributed by atoms with Crippen molar-refractivity contribution in [1.82, 2.24) is 4.90 Å². The van der Waals surface area contributed by atoms with Crippen molar-refractivity contribution in [1.29, 1.82) is 0 Å². The van der Waals surface area contributed by atoms with Gasteiger partial charge in [-0.2, -0.15) is 0 Å². The standard InChI is InChI=1S/C12H22N2O.ClH/c1-10-4-2-8-14(9-5-10)11(15)12(13)6-3-7-12;/h10H,2-9,13H2,1H3;1H. The van der Waals surface area contributed by atoms with Gasteiger partial charge < -0.3 is 10.6 Å². The summed E-state index contributed by atoms with van der Waals surface area (Å²) in [6.07, 6.45) is 6.43. The van der Waals surface area contributed by atoms with Crippen LogP contribution in [0.1, 0.15) is 45.4 Å². The number of carbonyl (C=O) groups excluding carboxylic acids is 1. The van der Waals surface area contributed by atoms with Crippen LogP contribution in [0.25, 0.3) is 0 Å². The highest BCUT2D eigenvalue weighted by atomic mass is 35.5. The highest BCUT2D eigenvalue weighted by molar-refractivity contribution is 5.87. The summed E-state index contributed by atoms with van der Waals surface area (Å²) in [7, 11) is 0. The van der Waals surface area contributed by atoms with Gasteiger partial charge in [0.15, 0.2) is 0 Å². The first-order chi connectivity index (χ1) is 7.12. The molecule has 2 N–H and O–H groups in total. The summed E-state index contributed by atoms with van der Waals surface area (Å²) in [6.45, 7) is 4.11. The number of nitrogens with two attached hydrogens (primary N) is 1. The molecule has 2 fully saturated rings. The van der Waals surface area contributed by atoms with E-state index in [-0.39, 0.29) is 18.3 Å². The van der Waals surface area contributed by atoms with Crippen molar-refractivity contribution in [3.63, 3.8) is 0 Å². The van der Waals surface area contributed by atoms with Gasteiger partial charge in [0.2, 0.25) is 5.91 Å². The number of likely N-dealkylation sites (tertiary alicyclic amines) is 1. The Kier molecular flexibility index (Phi) is 4.62. The molecule has 1 saturated heterocycles. The van der Waals surface area contributed by atoms with Gasteiger partial charge in [-0.1, -0.05) is 6.92 Å². The van der Waals surface area contributed by atoms with Crippen molar-refractivity contribution in [2.45, 2.75) is 51.0 Å². The van der Waals surface area contributed by atoms with Gasteiger partial charge in [0, 0.05) is 13.1 Å². The molecule has 0 aromatic heterocycles. The van der Waals surface area contributed by atoms with Crippen molar-refractivity contribution >= 4 is 18.3 Å². The maximum absolute atomic E-state index is 12.2. The van der Waals surface area contributed by atoms with E-state index in [0.717, 1.165) is 51.1 Å². The van der Waals surface area contributed by atoms with Gasteiger partial charge in [-0.3, -0.25) is 4.79 Å². The lowest BCUT2D eigenvalue weighted by Gasteiger charge is -2.40. The molecule has 94 valence electrons. The van der Waals surface area contributed by atoms with Crippen LogP contribution in [0.4, 0.5) is 0 Å². The fourth-order valence-electron chi connectivity index (χ4n) is 2.55. The molecule has 2 aliphatic rings. The lowest BCUT2D eigenvalue weighted by atomic mass is 9.76. The summed E-state index contributed by atoms with van der Waals surface area (Å²) in [5, 5.41) is 0. The zero-order valence-corrected chi connectivity index (χ0v) is 10.9. The topological polar surface area (TPSA) is 46.3 Å². The van der Waals surface area contributed by atoms with E-state index in [9.17, 15) is 4.79 Å². The molecule has 4 heteroatoms. The van der Waals surface area contributed by atoms with Crippen molar-refractivity contribution < 1.29 is 4.79 Å². The molecule has 0 aromatic rings. The molecule has 2 rings (SSSR count). The van der Waals surface area contributed by atoms with Crippen LogP contribution in [-0.2, 0) is 4.79 Å². The second kappa shape index (κ2) is 5.37. The van der Waals surface area contributed by atoms with E-state index in [4.69, 9.17) is 5.73 Å². The maximum Gasteiger partial charge on any atom is 0.242 e. The van der Waals surface area contributed by atoms with E-state index in [1.54, 1.807) is 0 Å². The van der Waals surface area contributed by atoms with Crippen LogP contribution in [-0.4, -0.2) is 29.4 Å². The molecule has 0 spiro atoms. The zero-order chi connectivity index (χ0) is 10.9. The molecule has 1 aliphatic heterocycles. The Morgan fingerprint density at radius 1 is 1.25 bits per heavy atom. The maximum atomic E-state index is 12.2.